The van der Waals surface area contributed by atoms with E-state index in [2.05, 4.69) is 20.8 Å². The van der Waals surface area contributed by atoms with Gasteiger partial charge in [-0.3, -0.25) is 9.59 Å². The van der Waals surface area contributed by atoms with E-state index in [1.54, 1.807) is 18.2 Å². The van der Waals surface area contributed by atoms with Crippen molar-refractivity contribution in [3.05, 3.63) is 53.6 Å². The summed E-state index contributed by atoms with van der Waals surface area (Å²) in [6.45, 7) is 1.77. The molecular weight excluding hydrogens is 392 g/mol. The molecule has 150 valence electrons. The van der Waals surface area contributed by atoms with Gasteiger partial charge in [-0.2, -0.15) is 5.10 Å². The smallest absolute Gasteiger partial charge is 0.262 e. The fraction of sp³-hybridized carbons (Fsp3) is 0.200. The number of rotatable bonds is 7. The lowest BCUT2D eigenvalue weighted by Crippen LogP contribution is -2.20. The van der Waals surface area contributed by atoms with Crippen molar-refractivity contribution in [1.29, 1.82) is 0 Å². The molecule has 2 N–H and O–H groups in total. The zero-order valence-corrected chi connectivity index (χ0v) is 16.8. The van der Waals surface area contributed by atoms with Gasteiger partial charge in [0.05, 0.1) is 19.1 Å². The molecule has 0 aromatic heterocycles. The summed E-state index contributed by atoms with van der Waals surface area (Å²) in [4.78, 5) is 23.3. The van der Waals surface area contributed by atoms with E-state index in [9.17, 15) is 9.59 Å². The van der Waals surface area contributed by atoms with Gasteiger partial charge in [-0.05, 0) is 42.3 Å². The number of amides is 2. The molecule has 1 aliphatic heterocycles. The summed E-state index contributed by atoms with van der Waals surface area (Å²) >= 11 is 1.30. The Morgan fingerprint density at radius 2 is 2.10 bits per heavy atom. The number of methoxy groups -OCH3 is 1. The van der Waals surface area contributed by atoms with Gasteiger partial charge in [0.2, 0.25) is 5.91 Å². The summed E-state index contributed by atoms with van der Waals surface area (Å²) in [7, 11) is 1.52. The summed E-state index contributed by atoms with van der Waals surface area (Å²) in [5.74, 6) is 0.909. The van der Waals surface area contributed by atoms with E-state index in [0.717, 1.165) is 16.8 Å². The topological polar surface area (TPSA) is 101 Å². The van der Waals surface area contributed by atoms with E-state index < -0.39 is 0 Å². The van der Waals surface area contributed by atoms with Crippen LogP contribution in [0.5, 0.6) is 11.5 Å². The Hall–Kier alpha value is -3.33. The van der Waals surface area contributed by atoms with Crippen molar-refractivity contribution >= 4 is 40.6 Å². The average molecular weight is 412 g/mol. The second kappa shape index (κ2) is 9.74. The summed E-state index contributed by atoms with van der Waals surface area (Å²) in [5, 5.41) is 13.8. The zero-order valence-electron chi connectivity index (χ0n) is 16.0. The number of carbonyl (C=O) groups excluding carboxylic acids is 2. The first-order valence-electron chi connectivity index (χ1n) is 8.75. The van der Waals surface area contributed by atoms with Crippen molar-refractivity contribution in [1.82, 2.24) is 5.32 Å². The lowest BCUT2D eigenvalue weighted by atomic mass is 10.2. The maximum absolute atomic E-state index is 12.2. The number of hydrogen-bond acceptors (Lipinski definition) is 7. The van der Waals surface area contributed by atoms with Crippen LogP contribution in [0, 0.1) is 6.92 Å². The van der Waals surface area contributed by atoms with Gasteiger partial charge in [-0.15, -0.1) is 5.10 Å². The molecule has 9 heteroatoms. The van der Waals surface area contributed by atoms with Crippen LogP contribution in [-0.4, -0.2) is 42.7 Å². The highest BCUT2D eigenvalue weighted by Crippen LogP contribution is 2.27. The van der Waals surface area contributed by atoms with E-state index in [4.69, 9.17) is 9.47 Å². The molecule has 1 aliphatic rings. The Labute approximate surface area is 172 Å². The number of para-hydroxylation sites is 1. The molecule has 0 bridgehead atoms. The van der Waals surface area contributed by atoms with Crippen LogP contribution in [0.2, 0.25) is 0 Å². The fourth-order valence-corrected chi connectivity index (χ4v) is 3.08. The van der Waals surface area contributed by atoms with Crippen molar-refractivity contribution in [3.8, 4) is 11.5 Å². The summed E-state index contributed by atoms with van der Waals surface area (Å²) in [6.07, 6.45) is 1.54. The third-order valence-corrected chi connectivity index (χ3v) is 4.77. The Morgan fingerprint density at radius 1 is 1.28 bits per heavy atom. The lowest BCUT2D eigenvalue weighted by molar-refractivity contribution is -0.118. The molecule has 0 radical (unpaired) electrons. The Morgan fingerprint density at radius 3 is 2.83 bits per heavy atom. The highest BCUT2D eigenvalue weighted by atomic mass is 32.2. The molecule has 2 aromatic carbocycles. The van der Waals surface area contributed by atoms with Gasteiger partial charge < -0.3 is 20.1 Å². The van der Waals surface area contributed by atoms with E-state index in [0.29, 0.717) is 22.4 Å². The highest BCUT2D eigenvalue weighted by Gasteiger charge is 2.16. The van der Waals surface area contributed by atoms with Gasteiger partial charge in [0, 0.05) is 5.69 Å². The highest BCUT2D eigenvalue weighted by molar-refractivity contribution is 8.15. The number of benzene rings is 2. The van der Waals surface area contributed by atoms with Gasteiger partial charge in [0.1, 0.15) is 0 Å². The first kappa shape index (κ1) is 20.4. The largest absolute Gasteiger partial charge is 0.493 e. The Bertz CT molecular complexity index is 975. The second-order valence-electron chi connectivity index (χ2n) is 6.05. The molecule has 8 nitrogen and oxygen atoms in total. The van der Waals surface area contributed by atoms with Crippen LogP contribution in [0.4, 0.5) is 5.69 Å². The third-order valence-electron chi connectivity index (χ3n) is 3.91. The first-order valence-corrected chi connectivity index (χ1v) is 9.73. The van der Waals surface area contributed by atoms with E-state index in [1.807, 2.05) is 31.2 Å². The molecule has 0 unspecified atom stereocenters. The summed E-state index contributed by atoms with van der Waals surface area (Å²) in [5.41, 5.74) is 2.45. The monoisotopic (exact) mass is 412 g/mol. The van der Waals surface area contributed by atoms with Gasteiger partial charge in [-0.1, -0.05) is 30.0 Å². The van der Waals surface area contributed by atoms with Crippen LogP contribution in [-0.2, 0) is 9.59 Å². The van der Waals surface area contributed by atoms with Crippen molar-refractivity contribution < 1.29 is 19.1 Å². The predicted molar refractivity (Wildman–Crippen MR) is 114 cm³/mol. The van der Waals surface area contributed by atoms with Crippen LogP contribution in [0.3, 0.4) is 0 Å². The van der Waals surface area contributed by atoms with E-state index >= 15 is 0 Å². The van der Waals surface area contributed by atoms with Crippen LogP contribution in [0.15, 0.2) is 52.7 Å². The average Bonchev–Trinajstić information content (AvgIpc) is 3.13. The normalized spacial score (nSPS) is 14.8. The number of anilines is 1. The third kappa shape index (κ3) is 5.82. The molecule has 3 rings (SSSR count). The zero-order chi connectivity index (χ0) is 20.6. The molecular formula is C20H20N4O4S. The van der Waals surface area contributed by atoms with Gasteiger partial charge in [0.25, 0.3) is 5.91 Å². The van der Waals surface area contributed by atoms with Crippen LogP contribution < -0.4 is 20.1 Å². The quantitative estimate of drug-likeness (QED) is 0.538. The van der Waals surface area contributed by atoms with Gasteiger partial charge in [0.15, 0.2) is 23.3 Å². The minimum absolute atomic E-state index is 0.0846. The van der Waals surface area contributed by atoms with E-state index in [1.165, 1.54) is 25.1 Å². The molecule has 1 heterocycles. The van der Waals surface area contributed by atoms with Crippen molar-refractivity contribution in [2.75, 3.05) is 24.8 Å². The molecule has 0 atom stereocenters. The Balaban J connectivity index is 1.59. The van der Waals surface area contributed by atoms with Crippen LogP contribution in [0.1, 0.15) is 11.1 Å². The van der Waals surface area contributed by atoms with Crippen molar-refractivity contribution in [2.24, 2.45) is 10.2 Å². The van der Waals surface area contributed by atoms with Crippen molar-refractivity contribution in [2.45, 2.75) is 6.92 Å². The number of hydrogen-bond donors (Lipinski definition) is 2. The second-order valence-corrected chi connectivity index (χ2v) is 7.01. The maximum atomic E-state index is 12.2. The molecule has 0 spiro atoms. The standard InChI is InChI=1S/C20H20N4O4S/c1-13-5-3-4-6-15(13)22-18(25)11-28-16-8-7-14(9-17(16)27-2)10-21-24-20-23-19(26)12-29-20/h3-10H,11-12H2,1-2H3,(H,22,25)(H,23,24,26). The minimum Gasteiger partial charge on any atom is -0.493 e. The molecule has 1 fully saturated rings. The first-order chi connectivity index (χ1) is 14.0. The summed E-state index contributed by atoms with van der Waals surface area (Å²) < 4.78 is 10.9. The number of carbonyl (C=O) groups is 2. The lowest BCUT2D eigenvalue weighted by Gasteiger charge is -2.12. The Kier molecular flexibility index (Phi) is 6.85. The fourth-order valence-electron chi connectivity index (χ4n) is 2.45. The number of thioether (sulfide) groups is 1. The number of aryl methyl sites for hydroxylation is 1. The predicted octanol–water partition coefficient (Wildman–Crippen LogP) is 2.57. The van der Waals surface area contributed by atoms with Crippen LogP contribution >= 0.6 is 11.8 Å². The summed E-state index contributed by atoms with van der Waals surface area (Å²) in [6, 6.07) is 12.7. The van der Waals surface area contributed by atoms with E-state index in [-0.39, 0.29) is 18.4 Å². The molecule has 0 saturated carbocycles. The van der Waals surface area contributed by atoms with Gasteiger partial charge >= 0.3 is 0 Å². The van der Waals surface area contributed by atoms with Gasteiger partial charge in [-0.25, -0.2) is 0 Å². The number of ether oxygens (including phenoxy) is 2. The molecule has 2 aromatic rings. The number of nitrogens with one attached hydrogen (secondary N) is 2. The number of amidine groups is 1. The minimum atomic E-state index is -0.265. The molecule has 1 saturated heterocycles. The number of nitrogens with zero attached hydrogens (tertiary/aromatic N) is 2. The van der Waals surface area contributed by atoms with Crippen molar-refractivity contribution in [3.63, 3.8) is 0 Å². The SMILES string of the molecule is COc1cc(C=NN=C2NC(=O)CS2)ccc1OCC(=O)Nc1ccccc1C. The van der Waals surface area contributed by atoms with Crippen LogP contribution in [0.25, 0.3) is 0 Å². The molecule has 29 heavy (non-hydrogen) atoms. The molecule has 2 amide bonds. The maximum Gasteiger partial charge on any atom is 0.262 e. The molecule has 0 aliphatic carbocycles.